The number of nitrogens with zero attached hydrogens (tertiary/aromatic N) is 2. The van der Waals surface area contributed by atoms with Crippen molar-refractivity contribution in [3.63, 3.8) is 0 Å². The number of imidazole rings is 1. The van der Waals surface area contributed by atoms with Gasteiger partial charge < -0.3 is 19.7 Å². The molecule has 39 heavy (non-hydrogen) atoms. The van der Waals surface area contributed by atoms with Gasteiger partial charge in [0.15, 0.2) is 0 Å². The van der Waals surface area contributed by atoms with Crippen molar-refractivity contribution in [3.8, 4) is 22.4 Å². The fourth-order valence-electron chi connectivity index (χ4n) is 5.23. The fourth-order valence-corrected chi connectivity index (χ4v) is 5.23. The molecule has 8 heteroatoms. The van der Waals surface area contributed by atoms with Gasteiger partial charge in [0.1, 0.15) is 23.4 Å². The van der Waals surface area contributed by atoms with Crippen molar-refractivity contribution in [2.24, 2.45) is 0 Å². The molecule has 3 aromatic carbocycles. The summed E-state index contributed by atoms with van der Waals surface area (Å²) >= 11 is 0. The lowest BCUT2D eigenvalue weighted by atomic mass is 9.93. The van der Waals surface area contributed by atoms with Crippen LogP contribution in [0.2, 0.25) is 0 Å². The Balaban J connectivity index is 1.24. The van der Waals surface area contributed by atoms with Crippen LogP contribution >= 0.6 is 0 Å². The van der Waals surface area contributed by atoms with Crippen molar-refractivity contribution in [1.29, 1.82) is 0 Å². The number of hydrogen-bond acceptors (Lipinski definition) is 5. The van der Waals surface area contributed by atoms with Crippen LogP contribution < -0.4 is 10.6 Å². The third-order valence-electron chi connectivity index (χ3n) is 7.70. The molecule has 2 aliphatic rings. The lowest BCUT2D eigenvalue weighted by molar-refractivity contribution is -0.140. The highest BCUT2D eigenvalue weighted by molar-refractivity contribution is 5.89. The van der Waals surface area contributed by atoms with Gasteiger partial charge in [-0.3, -0.25) is 10.1 Å². The summed E-state index contributed by atoms with van der Waals surface area (Å²) in [4.78, 5) is 29.4. The summed E-state index contributed by atoms with van der Waals surface area (Å²) in [5.41, 5.74) is 4.67. The standard InChI is InChI=1S/C31H30N4O4/c1-20(21-5-3-2-4-6-21)39-30(38)34-28-27(33-26-19-32-17-18-35(26)28)24-9-7-22(8-10-24)23-11-13-25(14-12-23)31(15-16-31)29(36)37/h2-14,20,32H,15-19H2,1H3,(H,34,38)(H,36,37)/t20-/m1/s1. The number of carbonyl (C=O) groups excluding carboxylic acids is 1. The van der Waals surface area contributed by atoms with Crippen LogP contribution in [0.5, 0.6) is 0 Å². The minimum absolute atomic E-state index is 0.393. The van der Waals surface area contributed by atoms with Crippen molar-refractivity contribution < 1.29 is 19.4 Å². The molecule has 0 saturated heterocycles. The summed E-state index contributed by atoms with van der Waals surface area (Å²) < 4.78 is 7.71. The summed E-state index contributed by atoms with van der Waals surface area (Å²) in [6.07, 6.45) is 0.460. The molecule has 1 aromatic heterocycles. The maximum absolute atomic E-state index is 12.9. The maximum atomic E-state index is 12.9. The smallest absolute Gasteiger partial charge is 0.413 e. The van der Waals surface area contributed by atoms with Crippen molar-refractivity contribution in [3.05, 3.63) is 95.8 Å². The number of aromatic nitrogens is 2. The zero-order valence-corrected chi connectivity index (χ0v) is 21.7. The topological polar surface area (TPSA) is 105 Å². The average molecular weight is 523 g/mol. The van der Waals surface area contributed by atoms with Crippen LogP contribution in [0.1, 0.15) is 42.8 Å². The zero-order valence-electron chi connectivity index (χ0n) is 21.7. The quantitative estimate of drug-likeness (QED) is 0.286. The van der Waals surface area contributed by atoms with Gasteiger partial charge >= 0.3 is 12.1 Å². The molecule has 3 N–H and O–H groups in total. The molecule has 1 fully saturated rings. The Kier molecular flexibility index (Phi) is 6.40. The Labute approximate surface area is 226 Å². The number of fused-ring (bicyclic) bond motifs is 1. The van der Waals surface area contributed by atoms with E-state index in [-0.39, 0.29) is 0 Å². The first kappa shape index (κ1) is 24.9. The molecule has 0 spiro atoms. The van der Waals surface area contributed by atoms with Crippen molar-refractivity contribution >= 4 is 17.9 Å². The second-order valence-corrected chi connectivity index (χ2v) is 10.2. The highest BCUT2D eigenvalue weighted by atomic mass is 16.6. The lowest BCUT2D eigenvalue weighted by Crippen LogP contribution is -2.29. The van der Waals surface area contributed by atoms with Gasteiger partial charge in [-0.1, -0.05) is 78.9 Å². The van der Waals surface area contributed by atoms with Gasteiger partial charge in [0.05, 0.1) is 12.0 Å². The first-order valence-corrected chi connectivity index (χ1v) is 13.2. The maximum Gasteiger partial charge on any atom is 0.413 e. The normalized spacial score (nSPS) is 16.1. The molecule has 1 atom stereocenters. The molecule has 1 amide bonds. The number of nitrogens with one attached hydrogen (secondary N) is 2. The Bertz CT molecular complexity index is 1510. The van der Waals surface area contributed by atoms with Crippen LogP contribution in [0.3, 0.4) is 0 Å². The largest absolute Gasteiger partial charge is 0.481 e. The van der Waals surface area contributed by atoms with Gasteiger partial charge in [0, 0.05) is 18.7 Å². The molecule has 1 aliphatic carbocycles. The minimum Gasteiger partial charge on any atom is -0.481 e. The summed E-state index contributed by atoms with van der Waals surface area (Å²) in [5, 5.41) is 15.9. The van der Waals surface area contributed by atoms with E-state index >= 15 is 0 Å². The molecule has 0 bridgehead atoms. The molecule has 8 nitrogen and oxygen atoms in total. The average Bonchev–Trinajstić information content (AvgIpc) is 3.71. The van der Waals surface area contributed by atoms with Gasteiger partial charge in [-0.2, -0.15) is 0 Å². The fraction of sp³-hybridized carbons (Fsp3) is 0.258. The van der Waals surface area contributed by atoms with Gasteiger partial charge in [-0.05, 0) is 42.0 Å². The monoisotopic (exact) mass is 522 g/mol. The highest BCUT2D eigenvalue weighted by Crippen LogP contribution is 2.48. The number of amides is 1. The van der Waals surface area contributed by atoms with Crippen LogP contribution in [0.25, 0.3) is 22.4 Å². The summed E-state index contributed by atoms with van der Waals surface area (Å²) in [6.45, 7) is 3.94. The number of rotatable bonds is 7. The molecular weight excluding hydrogens is 492 g/mol. The third kappa shape index (κ3) is 4.79. The molecule has 6 rings (SSSR count). The van der Waals surface area contributed by atoms with Crippen LogP contribution in [0, 0.1) is 0 Å². The Hall–Kier alpha value is -4.43. The van der Waals surface area contributed by atoms with Crippen molar-refractivity contribution in [2.75, 3.05) is 11.9 Å². The van der Waals surface area contributed by atoms with E-state index < -0.39 is 23.6 Å². The van der Waals surface area contributed by atoms with Crippen LogP contribution in [0.4, 0.5) is 10.6 Å². The molecule has 4 aromatic rings. The molecule has 0 radical (unpaired) electrons. The van der Waals surface area contributed by atoms with E-state index in [1.165, 1.54) is 0 Å². The second kappa shape index (κ2) is 10.0. The van der Waals surface area contributed by atoms with Crippen LogP contribution in [-0.2, 0) is 28.0 Å². The van der Waals surface area contributed by atoms with Gasteiger partial charge in [-0.15, -0.1) is 0 Å². The number of carbonyl (C=O) groups is 2. The van der Waals surface area contributed by atoms with Crippen molar-refractivity contribution in [1.82, 2.24) is 14.9 Å². The molecule has 0 unspecified atom stereocenters. The molecule has 1 aliphatic heterocycles. The first-order chi connectivity index (χ1) is 18.9. The van der Waals surface area contributed by atoms with E-state index in [2.05, 4.69) is 10.6 Å². The highest BCUT2D eigenvalue weighted by Gasteiger charge is 2.51. The number of hydrogen-bond donors (Lipinski definition) is 3. The van der Waals surface area contributed by atoms with Crippen LogP contribution in [0.15, 0.2) is 78.9 Å². The number of benzene rings is 3. The van der Waals surface area contributed by atoms with E-state index in [4.69, 9.17) is 9.72 Å². The number of ether oxygens (including phenoxy) is 1. The van der Waals surface area contributed by atoms with E-state index in [9.17, 15) is 14.7 Å². The summed E-state index contributed by atoms with van der Waals surface area (Å²) in [5.74, 6) is 0.729. The number of carboxylic acids is 1. The van der Waals surface area contributed by atoms with E-state index in [0.717, 1.165) is 40.2 Å². The SMILES string of the molecule is C[C@@H](OC(=O)Nc1c(-c2ccc(-c3ccc(C4(C(=O)O)CC4)cc3)cc2)nc2n1CCNC2)c1ccccc1. The van der Waals surface area contributed by atoms with Gasteiger partial charge in [0.25, 0.3) is 0 Å². The third-order valence-corrected chi connectivity index (χ3v) is 7.70. The number of carboxylic acid groups (broad SMARTS) is 1. The van der Waals surface area contributed by atoms with Crippen molar-refractivity contribution in [2.45, 2.75) is 44.4 Å². The number of anilines is 1. The number of aliphatic carboxylic acids is 1. The van der Waals surface area contributed by atoms with E-state index in [1.54, 1.807) is 0 Å². The van der Waals surface area contributed by atoms with Gasteiger partial charge in [0.2, 0.25) is 0 Å². The Morgan fingerprint density at radius 2 is 1.62 bits per heavy atom. The zero-order chi connectivity index (χ0) is 27.0. The molecule has 198 valence electrons. The summed E-state index contributed by atoms with van der Waals surface area (Å²) in [6, 6.07) is 25.5. The predicted octanol–water partition coefficient (Wildman–Crippen LogP) is 5.75. The van der Waals surface area contributed by atoms with Crippen LogP contribution in [-0.4, -0.2) is 33.3 Å². The first-order valence-electron chi connectivity index (χ1n) is 13.2. The predicted molar refractivity (Wildman–Crippen MR) is 148 cm³/mol. The van der Waals surface area contributed by atoms with E-state index in [1.807, 2.05) is 90.4 Å². The molecule has 2 heterocycles. The Morgan fingerprint density at radius 1 is 0.974 bits per heavy atom. The Morgan fingerprint density at radius 3 is 2.26 bits per heavy atom. The van der Waals surface area contributed by atoms with Gasteiger partial charge in [-0.25, -0.2) is 9.78 Å². The molecule has 1 saturated carbocycles. The second-order valence-electron chi connectivity index (χ2n) is 10.2. The minimum atomic E-state index is -0.750. The molecular formula is C31H30N4O4. The van der Waals surface area contributed by atoms with E-state index in [0.29, 0.717) is 37.4 Å². The lowest BCUT2D eigenvalue weighted by Gasteiger charge is -2.19. The summed E-state index contributed by atoms with van der Waals surface area (Å²) in [7, 11) is 0.